The number of benzene rings is 4. The summed E-state index contributed by atoms with van der Waals surface area (Å²) in [6, 6.07) is 30.6. The molecular formula is C41H48I2N2O6. The molecule has 0 amide bonds. The van der Waals surface area contributed by atoms with Crippen LogP contribution in [0.25, 0.3) is 0 Å². The first kappa shape index (κ1) is 40.6. The Morgan fingerprint density at radius 3 is 1.10 bits per heavy atom. The van der Waals surface area contributed by atoms with Gasteiger partial charge in [-0.2, -0.15) is 0 Å². The summed E-state index contributed by atoms with van der Waals surface area (Å²) >= 11 is 4.30. The van der Waals surface area contributed by atoms with Crippen molar-refractivity contribution in [2.45, 2.75) is 31.1 Å². The summed E-state index contributed by atoms with van der Waals surface area (Å²) in [6.45, 7) is 4.30. The molecule has 0 aromatic heterocycles. The molecule has 6 rings (SSSR count). The van der Waals surface area contributed by atoms with Crippen LogP contribution >= 0.6 is 45.2 Å². The van der Waals surface area contributed by atoms with E-state index in [0.29, 0.717) is 36.2 Å². The van der Waals surface area contributed by atoms with Crippen molar-refractivity contribution < 1.29 is 28.5 Å². The Morgan fingerprint density at radius 1 is 0.510 bits per heavy atom. The third-order valence-electron chi connectivity index (χ3n) is 8.77. The number of carbonyl (C=O) groups excluding carboxylic acids is 2. The van der Waals surface area contributed by atoms with Crippen molar-refractivity contribution in [1.29, 1.82) is 0 Å². The van der Waals surface area contributed by atoms with Gasteiger partial charge in [0.25, 0.3) is 0 Å². The molecule has 4 aromatic carbocycles. The Bertz CT molecular complexity index is 1490. The zero-order valence-corrected chi connectivity index (χ0v) is 34.2. The SMILES string of the molecule is CI.CI.CN(CCCOC(=O)C1c2ccccc2Oc2ccccc21)CCCN(C)CCCOC(=O)C1c2ccccc2Oc2ccccc21. The lowest BCUT2D eigenvalue weighted by atomic mass is 9.88. The lowest BCUT2D eigenvalue weighted by Gasteiger charge is -2.27. The Balaban J connectivity index is 0.00000141. The number of hydrogen-bond donors (Lipinski definition) is 0. The molecule has 4 aromatic rings. The molecule has 10 heteroatoms. The molecular weight excluding hydrogens is 870 g/mol. The van der Waals surface area contributed by atoms with Crippen molar-refractivity contribution in [1.82, 2.24) is 9.80 Å². The van der Waals surface area contributed by atoms with E-state index in [-0.39, 0.29) is 11.9 Å². The number of alkyl halides is 2. The highest BCUT2D eigenvalue weighted by Gasteiger charge is 2.34. The second-order valence-corrected chi connectivity index (χ2v) is 12.2. The van der Waals surface area contributed by atoms with E-state index >= 15 is 0 Å². The van der Waals surface area contributed by atoms with Gasteiger partial charge in [0.1, 0.15) is 34.8 Å². The van der Waals surface area contributed by atoms with E-state index < -0.39 is 11.8 Å². The highest BCUT2D eigenvalue weighted by molar-refractivity contribution is 14.1. The molecule has 0 aliphatic carbocycles. The largest absolute Gasteiger partial charge is 0.465 e. The summed E-state index contributed by atoms with van der Waals surface area (Å²) < 4.78 is 23.5. The maximum absolute atomic E-state index is 13.2. The van der Waals surface area contributed by atoms with Gasteiger partial charge in [0, 0.05) is 35.3 Å². The van der Waals surface area contributed by atoms with Gasteiger partial charge in [-0.05, 0) is 80.6 Å². The number of rotatable bonds is 14. The van der Waals surface area contributed by atoms with Gasteiger partial charge in [-0.3, -0.25) is 9.59 Å². The first-order chi connectivity index (χ1) is 25.0. The van der Waals surface area contributed by atoms with Crippen molar-refractivity contribution in [2.75, 3.05) is 63.3 Å². The number of carbonyl (C=O) groups is 2. The molecule has 0 bridgehead atoms. The van der Waals surface area contributed by atoms with Crippen molar-refractivity contribution in [3.05, 3.63) is 119 Å². The minimum Gasteiger partial charge on any atom is -0.465 e. The lowest BCUT2D eigenvalue weighted by molar-refractivity contribution is -0.145. The maximum atomic E-state index is 13.2. The van der Waals surface area contributed by atoms with Gasteiger partial charge in [-0.1, -0.05) is 118 Å². The number of para-hydroxylation sites is 4. The summed E-state index contributed by atoms with van der Waals surface area (Å²) in [5.74, 6) is 1.34. The molecule has 0 N–H and O–H groups in total. The van der Waals surface area contributed by atoms with Gasteiger partial charge < -0.3 is 28.7 Å². The molecule has 0 fully saturated rings. The second kappa shape index (κ2) is 21.4. The molecule has 51 heavy (non-hydrogen) atoms. The van der Waals surface area contributed by atoms with E-state index in [1.807, 2.05) is 107 Å². The van der Waals surface area contributed by atoms with E-state index in [4.69, 9.17) is 18.9 Å². The Labute approximate surface area is 330 Å². The minimum absolute atomic E-state index is 0.245. The molecule has 0 unspecified atom stereocenters. The third-order valence-corrected chi connectivity index (χ3v) is 8.77. The van der Waals surface area contributed by atoms with Gasteiger partial charge in [0.2, 0.25) is 0 Å². The molecule has 2 aliphatic rings. The monoisotopic (exact) mass is 918 g/mol. The van der Waals surface area contributed by atoms with Crippen LogP contribution in [0.1, 0.15) is 53.4 Å². The predicted octanol–water partition coefficient (Wildman–Crippen LogP) is 9.08. The zero-order valence-electron chi connectivity index (χ0n) is 29.9. The number of ether oxygens (including phenoxy) is 4. The van der Waals surface area contributed by atoms with Crippen molar-refractivity contribution in [3.63, 3.8) is 0 Å². The number of fused-ring (bicyclic) bond motifs is 4. The normalized spacial score (nSPS) is 12.7. The first-order valence-electron chi connectivity index (χ1n) is 17.2. The summed E-state index contributed by atoms with van der Waals surface area (Å²) in [7, 11) is 4.19. The van der Waals surface area contributed by atoms with E-state index in [2.05, 4.69) is 69.1 Å². The maximum Gasteiger partial charge on any atom is 0.318 e. The van der Waals surface area contributed by atoms with Crippen LogP contribution in [-0.4, -0.2) is 85.1 Å². The van der Waals surface area contributed by atoms with Crippen LogP contribution < -0.4 is 9.47 Å². The smallest absolute Gasteiger partial charge is 0.318 e. The van der Waals surface area contributed by atoms with Crippen molar-refractivity contribution in [2.24, 2.45) is 0 Å². The number of nitrogens with zero attached hydrogens (tertiary/aromatic N) is 2. The average molecular weight is 919 g/mol. The van der Waals surface area contributed by atoms with Crippen LogP contribution in [0.4, 0.5) is 0 Å². The highest BCUT2D eigenvalue weighted by atomic mass is 127. The molecule has 0 atom stereocenters. The molecule has 0 radical (unpaired) electrons. The Hall–Kier alpha value is -3.20. The molecule has 272 valence electrons. The molecule has 2 aliphatic heterocycles. The highest BCUT2D eigenvalue weighted by Crippen LogP contribution is 2.45. The van der Waals surface area contributed by atoms with Gasteiger partial charge in [0.05, 0.1) is 13.2 Å². The molecule has 8 nitrogen and oxygen atoms in total. The van der Waals surface area contributed by atoms with Crippen LogP contribution in [0.2, 0.25) is 0 Å². The van der Waals surface area contributed by atoms with Gasteiger partial charge in [0.15, 0.2) is 0 Å². The van der Waals surface area contributed by atoms with Gasteiger partial charge >= 0.3 is 11.9 Å². The summed E-state index contributed by atoms with van der Waals surface area (Å²) in [6.07, 6.45) is 2.54. The van der Waals surface area contributed by atoms with Crippen LogP contribution in [0.15, 0.2) is 97.1 Å². The fraction of sp³-hybridized carbons (Fsp3) is 0.366. The van der Waals surface area contributed by atoms with Crippen LogP contribution in [0.5, 0.6) is 23.0 Å². The summed E-state index contributed by atoms with van der Waals surface area (Å²) in [5, 5.41) is 0. The average Bonchev–Trinajstić information content (AvgIpc) is 3.17. The fourth-order valence-electron chi connectivity index (χ4n) is 6.34. The predicted molar refractivity (Wildman–Crippen MR) is 220 cm³/mol. The van der Waals surface area contributed by atoms with E-state index in [1.165, 1.54) is 0 Å². The standard InChI is InChI=1S/C39H42N2O6.2CH3I/c1-40(24-12-26-44-38(42)36-28-14-3-7-18-32(28)46-33-19-8-4-15-29(33)36)22-11-23-41(2)25-13-27-45-39(43)37-30-16-5-9-20-34(30)47-35-21-10-6-17-31(35)37;2*1-2/h3-10,14-21,36-37H,11-13,22-27H2,1-2H3;2*1H3. The molecule has 2 heterocycles. The minimum atomic E-state index is -0.483. The number of halogens is 2. The zero-order chi connectivity index (χ0) is 36.6. The summed E-state index contributed by atoms with van der Waals surface area (Å²) in [5.41, 5.74) is 3.36. The van der Waals surface area contributed by atoms with E-state index in [0.717, 1.165) is 67.7 Å². The van der Waals surface area contributed by atoms with Crippen molar-refractivity contribution in [3.8, 4) is 23.0 Å². The Morgan fingerprint density at radius 2 is 0.784 bits per heavy atom. The van der Waals surface area contributed by atoms with Gasteiger partial charge in [-0.25, -0.2) is 0 Å². The van der Waals surface area contributed by atoms with Crippen LogP contribution in [0, 0.1) is 0 Å². The molecule has 0 spiro atoms. The van der Waals surface area contributed by atoms with Crippen molar-refractivity contribution >= 4 is 57.1 Å². The fourth-order valence-corrected chi connectivity index (χ4v) is 6.34. The quantitative estimate of drug-likeness (QED) is 0.0537. The second-order valence-electron chi connectivity index (χ2n) is 12.2. The first-order valence-corrected chi connectivity index (χ1v) is 21.5. The Kier molecular flexibility index (Phi) is 17.0. The summed E-state index contributed by atoms with van der Waals surface area (Å²) in [4.78, 5) is 34.9. The van der Waals surface area contributed by atoms with E-state index in [1.54, 1.807) is 0 Å². The number of hydrogen-bond acceptors (Lipinski definition) is 8. The van der Waals surface area contributed by atoms with Crippen LogP contribution in [-0.2, 0) is 19.1 Å². The molecule has 0 saturated carbocycles. The number of esters is 2. The third kappa shape index (κ3) is 10.9. The van der Waals surface area contributed by atoms with Crippen LogP contribution in [0.3, 0.4) is 0 Å². The van der Waals surface area contributed by atoms with Gasteiger partial charge in [-0.15, -0.1) is 0 Å². The lowest BCUT2D eigenvalue weighted by Crippen LogP contribution is -2.28. The molecule has 0 saturated heterocycles. The topological polar surface area (TPSA) is 77.5 Å². The van der Waals surface area contributed by atoms with E-state index in [9.17, 15) is 9.59 Å².